The summed E-state index contributed by atoms with van der Waals surface area (Å²) in [5.74, 6) is 0.474. The summed E-state index contributed by atoms with van der Waals surface area (Å²) in [6.07, 6.45) is 4.08. The topological polar surface area (TPSA) is 71.3 Å². The van der Waals surface area contributed by atoms with Crippen LogP contribution in [-0.4, -0.2) is 32.6 Å². The van der Waals surface area contributed by atoms with Crippen molar-refractivity contribution in [2.24, 2.45) is 0 Å². The highest BCUT2D eigenvalue weighted by Gasteiger charge is 2.25. The Labute approximate surface area is 111 Å². The number of hydrogen-bond acceptors (Lipinski definition) is 4. The Morgan fingerprint density at radius 3 is 3.00 bits per heavy atom. The Kier molecular flexibility index (Phi) is 2.85. The van der Waals surface area contributed by atoms with Crippen molar-refractivity contribution in [2.75, 3.05) is 5.32 Å². The SMILES string of the molecule is Cc1ccc2nc(NC(C)C(=O)NC3CC3)nn2c1. The third-order valence-electron chi connectivity index (χ3n) is 3.14. The normalized spacial score (nSPS) is 16.3. The van der Waals surface area contributed by atoms with Crippen LogP contribution in [0.25, 0.3) is 5.65 Å². The van der Waals surface area contributed by atoms with E-state index < -0.39 is 0 Å². The van der Waals surface area contributed by atoms with E-state index in [-0.39, 0.29) is 11.9 Å². The largest absolute Gasteiger partial charge is 0.352 e. The van der Waals surface area contributed by atoms with Crippen LogP contribution in [0.1, 0.15) is 25.3 Å². The van der Waals surface area contributed by atoms with Gasteiger partial charge in [0.25, 0.3) is 0 Å². The van der Waals surface area contributed by atoms with Gasteiger partial charge in [-0.1, -0.05) is 6.07 Å². The minimum Gasteiger partial charge on any atom is -0.352 e. The van der Waals surface area contributed by atoms with Crippen LogP contribution in [0.3, 0.4) is 0 Å². The molecule has 6 heteroatoms. The average Bonchev–Trinajstić information content (AvgIpc) is 3.08. The molecule has 1 fully saturated rings. The van der Waals surface area contributed by atoms with Gasteiger partial charge in [-0.2, -0.15) is 4.98 Å². The van der Waals surface area contributed by atoms with Crippen LogP contribution in [0.2, 0.25) is 0 Å². The van der Waals surface area contributed by atoms with Crippen molar-refractivity contribution in [3.8, 4) is 0 Å². The van der Waals surface area contributed by atoms with Gasteiger partial charge < -0.3 is 10.6 Å². The number of anilines is 1. The molecule has 2 aromatic rings. The molecule has 1 amide bonds. The lowest BCUT2D eigenvalue weighted by Gasteiger charge is -2.11. The monoisotopic (exact) mass is 259 g/mol. The fraction of sp³-hybridized carbons (Fsp3) is 0.462. The molecule has 0 spiro atoms. The van der Waals surface area contributed by atoms with Gasteiger partial charge in [-0.3, -0.25) is 4.79 Å². The van der Waals surface area contributed by atoms with Crippen LogP contribution >= 0.6 is 0 Å². The lowest BCUT2D eigenvalue weighted by molar-refractivity contribution is -0.121. The summed E-state index contributed by atoms with van der Waals surface area (Å²) in [6.45, 7) is 3.81. The molecule has 1 saturated carbocycles. The molecular formula is C13H17N5O. The molecule has 0 saturated heterocycles. The van der Waals surface area contributed by atoms with Crippen LogP contribution in [0.5, 0.6) is 0 Å². The zero-order valence-electron chi connectivity index (χ0n) is 11.1. The number of pyridine rings is 1. The standard InChI is InChI=1S/C13H17N5O/c1-8-3-6-11-16-13(17-18(11)7-8)14-9(2)12(19)15-10-4-5-10/h3,6-7,9-10H,4-5H2,1-2H3,(H,14,17)(H,15,19). The van der Waals surface area contributed by atoms with E-state index in [4.69, 9.17) is 0 Å². The summed E-state index contributed by atoms with van der Waals surface area (Å²) >= 11 is 0. The second-order valence-electron chi connectivity index (χ2n) is 5.09. The van der Waals surface area contributed by atoms with Crippen LogP contribution in [0, 0.1) is 6.92 Å². The minimum absolute atomic E-state index is 0.00228. The number of carbonyl (C=O) groups excluding carboxylic acids is 1. The van der Waals surface area contributed by atoms with Crippen molar-refractivity contribution in [1.82, 2.24) is 19.9 Å². The molecule has 0 radical (unpaired) electrons. The zero-order chi connectivity index (χ0) is 13.4. The lowest BCUT2D eigenvalue weighted by atomic mass is 10.3. The number of aromatic nitrogens is 3. The smallest absolute Gasteiger partial charge is 0.243 e. The summed E-state index contributed by atoms with van der Waals surface area (Å²) in [5.41, 5.74) is 1.88. The summed E-state index contributed by atoms with van der Waals surface area (Å²) in [5, 5.41) is 10.3. The molecule has 2 heterocycles. The van der Waals surface area contributed by atoms with Crippen molar-refractivity contribution in [3.63, 3.8) is 0 Å². The summed E-state index contributed by atoms with van der Waals surface area (Å²) in [7, 11) is 0. The second kappa shape index (κ2) is 4.53. The maximum atomic E-state index is 11.8. The van der Waals surface area contributed by atoms with Gasteiger partial charge in [-0.25, -0.2) is 4.52 Å². The molecule has 1 aliphatic rings. The van der Waals surface area contributed by atoms with E-state index in [1.807, 2.05) is 32.2 Å². The molecular weight excluding hydrogens is 242 g/mol. The Hall–Kier alpha value is -2.11. The van der Waals surface area contributed by atoms with E-state index in [2.05, 4.69) is 20.7 Å². The molecule has 100 valence electrons. The van der Waals surface area contributed by atoms with E-state index in [1.54, 1.807) is 4.52 Å². The Bertz CT molecular complexity index is 617. The fourth-order valence-electron chi connectivity index (χ4n) is 1.86. The Balaban J connectivity index is 1.71. The number of amides is 1. The molecule has 2 aromatic heterocycles. The van der Waals surface area contributed by atoms with Crippen molar-refractivity contribution >= 4 is 17.5 Å². The number of rotatable bonds is 4. The second-order valence-corrected chi connectivity index (χ2v) is 5.09. The first-order valence-corrected chi connectivity index (χ1v) is 6.52. The summed E-state index contributed by atoms with van der Waals surface area (Å²) < 4.78 is 1.71. The van der Waals surface area contributed by atoms with Gasteiger partial charge in [0.15, 0.2) is 5.65 Å². The maximum Gasteiger partial charge on any atom is 0.243 e. The summed E-state index contributed by atoms with van der Waals surface area (Å²) in [4.78, 5) is 16.2. The molecule has 3 rings (SSSR count). The van der Waals surface area contributed by atoms with E-state index in [1.165, 1.54) is 0 Å². The van der Waals surface area contributed by atoms with E-state index in [0.29, 0.717) is 12.0 Å². The molecule has 6 nitrogen and oxygen atoms in total. The highest BCUT2D eigenvalue weighted by Crippen LogP contribution is 2.18. The van der Waals surface area contributed by atoms with Gasteiger partial charge in [0.2, 0.25) is 11.9 Å². The van der Waals surface area contributed by atoms with Crippen molar-refractivity contribution in [2.45, 2.75) is 38.8 Å². The molecule has 19 heavy (non-hydrogen) atoms. The summed E-state index contributed by atoms with van der Waals surface area (Å²) in [6, 6.07) is 3.92. The fourth-order valence-corrected chi connectivity index (χ4v) is 1.86. The van der Waals surface area contributed by atoms with Crippen LogP contribution in [-0.2, 0) is 4.79 Å². The van der Waals surface area contributed by atoms with Gasteiger partial charge in [0, 0.05) is 12.2 Å². The van der Waals surface area contributed by atoms with Crippen molar-refractivity contribution in [3.05, 3.63) is 23.9 Å². The third-order valence-corrected chi connectivity index (χ3v) is 3.14. The number of nitrogens with one attached hydrogen (secondary N) is 2. The van der Waals surface area contributed by atoms with Gasteiger partial charge in [-0.05, 0) is 38.3 Å². The van der Waals surface area contributed by atoms with E-state index in [9.17, 15) is 4.79 Å². The highest BCUT2D eigenvalue weighted by molar-refractivity contribution is 5.84. The van der Waals surface area contributed by atoms with Crippen LogP contribution < -0.4 is 10.6 Å². The molecule has 0 bridgehead atoms. The number of aryl methyl sites for hydroxylation is 1. The molecule has 2 N–H and O–H groups in total. The predicted octanol–water partition coefficient (Wildman–Crippen LogP) is 1.12. The number of hydrogen-bond donors (Lipinski definition) is 2. The maximum absolute atomic E-state index is 11.8. The lowest BCUT2D eigenvalue weighted by Crippen LogP contribution is -2.38. The number of fused-ring (bicyclic) bond motifs is 1. The Morgan fingerprint density at radius 1 is 1.47 bits per heavy atom. The van der Waals surface area contributed by atoms with Gasteiger partial charge in [0.1, 0.15) is 6.04 Å². The van der Waals surface area contributed by atoms with Crippen molar-refractivity contribution < 1.29 is 4.79 Å². The zero-order valence-corrected chi connectivity index (χ0v) is 11.1. The van der Waals surface area contributed by atoms with Crippen molar-refractivity contribution in [1.29, 1.82) is 0 Å². The molecule has 0 aliphatic heterocycles. The van der Waals surface area contributed by atoms with E-state index >= 15 is 0 Å². The molecule has 1 aliphatic carbocycles. The first kappa shape index (κ1) is 12.0. The number of nitrogens with zero attached hydrogens (tertiary/aromatic N) is 3. The average molecular weight is 259 g/mol. The van der Waals surface area contributed by atoms with Gasteiger partial charge in [0.05, 0.1) is 0 Å². The molecule has 1 unspecified atom stereocenters. The van der Waals surface area contributed by atoms with Gasteiger partial charge in [-0.15, -0.1) is 5.10 Å². The quantitative estimate of drug-likeness (QED) is 0.863. The molecule has 1 atom stereocenters. The molecule has 0 aromatic carbocycles. The first-order valence-electron chi connectivity index (χ1n) is 6.52. The van der Waals surface area contributed by atoms with Crippen LogP contribution in [0.15, 0.2) is 18.3 Å². The van der Waals surface area contributed by atoms with E-state index in [0.717, 1.165) is 24.1 Å². The Morgan fingerprint density at radius 2 is 2.26 bits per heavy atom. The number of carbonyl (C=O) groups is 1. The minimum atomic E-state index is -0.334. The van der Waals surface area contributed by atoms with Crippen LogP contribution in [0.4, 0.5) is 5.95 Å². The predicted molar refractivity (Wildman–Crippen MR) is 72.0 cm³/mol. The first-order chi connectivity index (χ1) is 9.11. The third kappa shape index (κ3) is 2.67. The highest BCUT2D eigenvalue weighted by atomic mass is 16.2. The van der Waals surface area contributed by atoms with Gasteiger partial charge >= 0.3 is 0 Å².